The van der Waals surface area contributed by atoms with Gasteiger partial charge in [0.2, 0.25) is 0 Å². The molecule has 0 saturated carbocycles. The first-order valence-corrected chi connectivity index (χ1v) is 8.77. The molecule has 3 aromatic rings. The van der Waals surface area contributed by atoms with E-state index >= 15 is 0 Å². The average Bonchev–Trinajstić information content (AvgIpc) is 3.28. The Hall–Kier alpha value is -2.55. The number of fused-ring (bicyclic) bond motifs is 1. The lowest BCUT2D eigenvalue weighted by molar-refractivity contribution is 0.198. The number of anilines is 1. The average molecular weight is 357 g/mol. The van der Waals surface area contributed by atoms with Gasteiger partial charge in [-0.3, -0.25) is 0 Å². The van der Waals surface area contributed by atoms with Crippen LogP contribution in [-0.2, 0) is 12.0 Å². The zero-order valence-electron chi connectivity index (χ0n) is 15.5. The molecule has 0 bridgehead atoms. The van der Waals surface area contributed by atoms with Crippen molar-refractivity contribution in [2.45, 2.75) is 52.2 Å². The zero-order chi connectivity index (χ0) is 18.5. The van der Waals surface area contributed by atoms with Crippen LogP contribution in [0.5, 0.6) is 0 Å². The van der Waals surface area contributed by atoms with Crippen molar-refractivity contribution in [3.05, 3.63) is 23.5 Å². The molecule has 0 radical (unpaired) electrons. The second kappa shape index (κ2) is 6.01. The molecule has 0 aromatic carbocycles. The van der Waals surface area contributed by atoms with E-state index in [4.69, 9.17) is 14.6 Å². The van der Waals surface area contributed by atoms with Gasteiger partial charge >= 0.3 is 0 Å². The molecule has 9 heteroatoms. The highest BCUT2D eigenvalue weighted by Gasteiger charge is 2.28. The number of aromatic nitrogens is 6. The van der Waals surface area contributed by atoms with Crippen molar-refractivity contribution < 1.29 is 9.74 Å². The molecule has 1 N–H and O–H groups in total. The van der Waals surface area contributed by atoms with Gasteiger partial charge in [0.1, 0.15) is 17.2 Å². The van der Waals surface area contributed by atoms with E-state index in [9.17, 15) is 5.11 Å². The minimum Gasteiger partial charge on any atom is -0.391 e. The Morgan fingerprint density at radius 2 is 2.08 bits per heavy atom. The van der Waals surface area contributed by atoms with Gasteiger partial charge in [-0.1, -0.05) is 31.1 Å². The molecule has 1 aliphatic rings. The van der Waals surface area contributed by atoms with Gasteiger partial charge in [0.05, 0.1) is 19.0 Å². The van der Waals surface area contributed by atoms with E-state index in [0.29, 0.717) is 13.1 Å². The summed E-state index contributed by atoms with van der Waals surface area (Å²) in [4.78, 5) is 16.2. The Morgan fingerprint density at radius 3 is 2.69 bits per heavy atom. The Kier molecular flexibility index (Phi) is 3.91. The minimum atomic E-state index is -0.330. The molecule has 0 amide bonds. The maximum Gasteiger partial charge on any atom is 0.166 e. The van der Waals surface area contributed by atoms with Crippen LogP contribution in [0.2, 0.25) is 0 Å². The SMILES string of the molecule is Cc1nonc1Cn1cnc2c(N3CC[C@H](O)C3)nc(C(C)(C)C)nc21. The highest BCUT2D eigenvalue weighted by Crippen LogP contribution is 2.30. The van der Waals surface area contributed by atoms with E-state index < -0.39 is 0 Å². The summed E-state index contributed by atoms with van der Waals surface area (Å²) in [6.07, 6.45) is 2.15. The monoisotopic (exact) mass is 357 g/mol. The molecule has 0 spiro atoms. The van der Waals surface area contributed by atoms with Crippen LogP contribution in [-0.4, -0.2) is 54.1 Å². The number of hydrogen-bond acceptors (Lipinski definition) is 8. The first-order chi connectivity index (χ1) is 12.3. The van der Waals surface area contributed by atoms with Crippen LogP contribution in [0.1, 0.15) is 44.4 Å². The van der Waals surface area contributed by atoms with Crippen molar-refractivity contribution in [1.29, 1.82) is 0 Å². The molecule has 1 fully saturated rings. The lowest BCUT2D eigenvalue weighted by atomic mass is 9.96. The van der Waals surface area contributed by atoms with Crippen molar-refractivity contribution in [2.75, 3.05) is 18.0 Å². The van der Waals surface area contributed by atoms with Gasteiger partial charge in [0.25, 0.3) is 0 Å². The lowest BCUT2D eigenvalue weighted by Gasteiger charge is -2.22. The maximum atomic E-state index is 9.93. The zero-order valence-corrected chi connectivity index (χ0v) is 15.5. The van der Waals surface area contributed by atoms with Crippen molar-refractivity contribution in [3.63, 3.8) is 0 Å². The highest BCUT2D eigenvalue weighted by atomic mass is 16.6. The molecule has 26 heavy (non-hydrogen) atoms. The second-order valence-corrected chi connectivity index (χ2v) is 7.85. The van der Waals surface area contributed by atoms with E-state index in [2.05, 4.69) is 41.0 Å². The van der Waals surface area contributed by atoms with E-state index in [-0.39, 0.29) is 11.5 Å². The topological polar surface area (TPSA) is 106 Å². The number of rotatable bonds is 3. The first kappa shape index (κ1) is 16.9. The van der Waals surface area contributed by atoms with Crippen LogP contribution in [0.15, 0.2) is 11.0 Å². The fraction of sp³-hybridized carbons (Fsp3) is 0.588. The van der Waals surface area contributed by atoms with Gasteiger partial charge in [0.15, 0.2) is 17.0 Å². The number of aliphatic hydroxyl groups is 1. The molecule has 1 aliphatic heterocycles. The molecule has 4 heterocycles. The predicted octanol–water partition coefficient (Wildman–Crippen LogP) is 1.43. The number of imidazole rings is 1. The molecule has 138 valence electrons. The molecule has 9 nitrogen and oxygen atoms in total. The smallest absolute Gasteiger partial charge is 0.166 e. The Bertz CT molecular complexity index is 940. The minimum absolute atomic E-state index is 0.207. The summed E-state index contributed by atoms with van der Waals surface area (Å²) >= 11 is 0. The summed E-state index contributed by atoms with van der Waals surface area (Å²) in [5, 5.41) is 17.7. The van der Waals surface area contributed by atoms with Gasteiger partial charge in [-0.05, 0) is 13.3 Å². The molecular formula is C17H23N7O2. The fourth-order valence-electron chi connectivity index (χ4n) is 3.09. The van der Waals surface area contributed by atoms with Crippen molar-refractivity contribution in [2.24, 2.45) is 0 Å². The summed E-state index contributed by atoms with van der Waals surface area (Å²) in [5.74, 6) is 1.53. The number of nitrogens with zero attached hydrogens (tertiary/aromatic N) is 7. The second-order valence-electron chi connectivity index (χ2n) is 7.85. The summed E-state index contributed by atoms with van der Waals surface area (Å²) in [6, 6.07) is 0. The highest BCUT2D eigenvalue weighted by molar-refractivity contribution is 5.84. The van der Waals surface area contributed by atoms with E-state index in [1.54, 1.807) is 6.33 Å². The van der Waals surface area contributed by atoms with Gasteiger partial charge in [-0.15, -0.1) is 0 Å². The fourth-order valence-corrected chi connectivity index (χ4v) is 3.09. The Balaban J connectivity index is 1.84. The standard InChI is InChI=1S/C17H23N7O2/c1-10-12(22-26-21-10)8-24-9-18-13-14(23-6-5-11(25)7-23)19-16(17(2,3)4)20-15(13)24/h9,11,25H,5-8H2,1-4H3/t11-/m0/s1. The number of hydrogen-bond donors (Lipinski definition) is 1. The molecule has 1 saturated heterocycles. The summed E-state index contributed by atoms with van der Waals surface area (Å²) < 4.78 is 6.74. The molecule has 0 aliphatic carbocycles. The van der Waals surface area contributed by atoms with Crippen molar-refractivity contribution in [3.8, 4) is 0 Å². The van der Waals surface area contributed by atoms with E-state index in [1.165, 1.54) is 0 Å². The number of β-amino-alcohol motifs (C(OH)–C–C–N with tert-alkyl or cyclic N) is 1. The lowest BCUT2D eigenvalue weighted by Crippen LogP contribution is -2.25. The molecule has 4 rings (SSSR count). The molecule has 0 unspecified atom stereocenters. The Morgan fingerprint density at radius 1 is 1.27 bits per heavy atom. The normalized spacial score (nSPS) is 18.2. The quantitative estimate of drug-likeness (QED) is 0.750. The van der Waals surface area contributed by atoms with Crippen molar-refractivity contribution in [1.82, 2.24) is 29.8 Å². The van der Waals surface area contributed by atoms with Crippen LogP contribution in [0.4, 0.5) is 5.82 Å². The summed E-state index contributed by atoms with van der Waals surface area (Å²) in [5.41, 5.74) is 2.78. The third kappa shape index (κ3) is 2.92. The van der Waals surface area contributed by atoms with Gasteiger partial charge in [-0.25, -0.2) is 19.6 Å². The van der Waals surface area contributed by atoms with Crippen LogP contribution in [0.3, 0.4) is 0 Å². The third-order valence-electron chi connectivity index (χ3n) is 4.65. The van der Waals surface area contributed by atoms with Crippen LogP contribution in [0.25, 0.3) is 11.2 Å². The molecule has 3 aromatic heterocycles. The first-order valence-electron chi connectivity index (χ1n) is 8.77. The van der Waals surface area contributed by atoms with Gasteiger partial charge < -0.3 is 14.6 Å². The van der Waals surface area contributed by atoms with Crippen molar-refractivity contribution >= 4 is 17.0 Å². The van der Waals surface area contributed by atoms with E-state index in [0.717, 1.165) is 47.2 Å². The summed E-state index contributed by atoms with van der Waals surface area (Å²) in [7, 11) is 0. The maximum absolute atomic E-state index is 9.93. The molecule has 1 atom stereocenters. The largest absolute Gasteiger partial charge is 0.391 e. The van der Waals surface area contributed by atoms with Gasteiger partial charge in [0, 0.05) is 18.5 Å². The van der Waals surface area contributed by atoms with E-state index in [1.807, 2.05) is 11.5 Å². The third-order valence-corrected chi connectivity index (χ3v) is 4.65. The Labute approximate surface area is 151 Å². The predicted molar refractivity (Wildman–Crippen MR) is 95.0 cm³/mol. The number of aryl methyl sites for hydroxylation is 1. The number of aliphatic hydroxyl groups excluding tert-OH is 1. The summed E-state index contributed by atoms with van der Waals surface area (Å²) in [6.45, 7) is 9.92. The molecular weight excluding hydrogens is 334 g/mol. The van der Waals surface area contributed by atoms with Crippen LogP contribution < -0.4 is 4.90 Å². The van der Waals surface area contributed by atoms with Crippen LogP contribution in [0, 0.1) is 6.92 Å². The van der Waals surface area contributed by atoms with Crippen LogP contribution >= 0.6 is 0 Å². The van der Waals surface area contributed by atoms with Gasteiger partial charge in [-0.2, -0.15) is 0 Å².